The fraction of sp³-hybridized carbons (Fsp3) is 0.208. The van der Waals surface area contributed by atoms with Gasteiger partial charge in [-0.1, -0.05) is 36.4 Å². The van der Waals surface area contributed by atoms with E-state index in [2.05, 4.69) is 45.4 Å². The van der Waals surface area contributed by atoms with Gasteiger partial charge in [0.15, 0.2) is 5.69 Å². The number of nitrogens with zero attached hydrogens (tertiary/aromatic N) is 4. The molecule has 0 bridgehead atoms. The molecule has 0 aliphatic heterocycles. The minimum Gasteiger partial charge on any atom is -0.347 e. The Morgan fingerprint density at radius 2 is 1.93 bits per heavy atom. The summed E-state index contributed by atoms with van der Waals surface area (Å²) in [5.74, 6) is -0.265. The summed E-state index contributed by atoms with van der Waals surface area (Å²) < 4.78 is 4.07. The van der Waals surface area contributed by atoms with Crippen molar-refractivity contribution in [3.8, 4) is 5.69 Å². The van der Waals surface area contributed by atoms with Crippen molar-refractivity contribution in [1.29, 1.82) is 0 Å². The maximum absolute atomic E-state index is 12.9. The topological polar surface area (TPSA) is 64.2 Å². The minimum atomic E-state index is -0.265. The van der Waals surface area contributed by atoms with E-state index in [0.29, 0.717) is 5.69 Å². The zero-order valence-electron chi connectivity index (χ0n) is 16.9. The number of para-hydroxylation sites is 2. The Balaban J connectivity index is 1.41. The number of rotatable bonds is 5. The summed E-state index contributed by atoms with van der Waals surface area (Å²) in [6.45, 7) is 2.99. The second kappa shape index (κ2) is 7.63. The van der Waals surface area contributed by atoms with Crippen LogP contribution in [0.15, 0.2) is 65.9 Å². The second-order valence-corrected chi connectivity index (χ2v) is 7.46. The van der Waals surface area contributed by atoms with Crippen molar-refractivity contribution in [2.24, 2.45) is 5.10 Å². The summed E-state index contributed by atoms with van der Waals surface area (Å²) in [6, 6.07) is 18.2. The van der Waals surface area contributed by atoms with Crippen LogP contribution < -0.4 is 5.43 Å². The number of amides is 1. The van der Waals surface area contributed by atoms with Gasteiger partial charge in [-0.2, -0.15) is 10.2 Å². The highest BCUT2D eigenvalue weighted by atomic mass is 16.2. The molecular formula is C24H23N5O. The maximum Gasteiger partial charge on any atom is 0.292 e. The molecule has 0 spiro atoms. The van der Waals surface area contributed by atoms with Gasteiger partial charge in [-0.05, 0) is 44.4 Å². The largest absolute Gasteiger partial charge is 0.347 e. The van der Waals surface area contributed by atoms with Crippen LogP contribution in [-0.4, -0.2) is 26.5 Å². The van der Waals surface area contributed by atoms with Crippen molar-refractivity contribution < 1.29 is 4.79 Å². The van der Waals surface area contributed by atoms with E-state index in [1.54, 1.807) is 6.21 Å². The first-order chi connectivity index (χ1) is 14.8. The van der Waals surface area contributed by atoms with E-state index < -0.39 is 0 Å². The number of aromatic nitrogens is 3. The first-order valence-electron chi connectivity index (χ1n) is 10.3. The molecule has 6 heteroatoms. The van der Waals surface area contributed by atoms with Gasteiger partial charge in [-0.25, -0.2) is 10.1 Å². The molecule has 0 atom stereocenters. The molecule has 0 saturated heterocycles. The van der Waals surface area contributed by atoms with Crippen molar-refractivity contribution in [1.82, 2.24) is 19.8 Å². The third kappa shape index (κ3) is 3.10. The van der Waals surface area contributed by atoms with Crippen molar-refractivity contribution >= 4 is 23.0 Å². The molecule has 1 N–H and O–H groups in total. The maximum atomic E-state index is 12.9. The highest BCUT2D eigenvalue weighted by Crippen LogP contribution is 2.27. The molecule has 0 unspecified atom stereocenters. The molecule has 0 saturated carbocycles. The summed E-state index contributed by atoms with van der Waals surface area (Å²) in [5, 5.41) is 9.97. The molecule has 5 rings (SSSR count). The standard InChI is InChI=1S/C24H23N5O/c1-2-28-16-17(19-11-6-7-13-21(19)28)15-25-26-24(30)23-20-12-8-14-22(20)29(27-23)18-9-4-3-5-10-18/h3-7,9-11,13,15-16H,2,8,12,14H2,1H3,(H,26,30)/b25-15+. The molecule has 2 heterocycles. The minimum absolute atomic E-state index is 0.265. The van der Waals surface area contributed by atoms with Crippen molar-refractivity contribution in [2.45, 2.75) is 32.7 Å². The molecule has 0 fully saturated rings. The van der Waals surface area contributed by atoms with Crippen molar-refractivity contribution in [3.63, 3.8) is 0 Å². The highest BCUT2D eigenvalue weighted by molar-refractivity contribution is 6.00. The number of aryl methyl sites for hydroxylation is 1. The van der Waals surface area contributed by atoms with Crippen LogP contribution in [0.5, 0.6) is 0 Å². The van der Waals surface area contributed by atoms with E-state index >= 15 is 0 Å². The van der Waals surface area contributed by atoms with Gasteiger partial charge in [-0.3, -0.25) is 4.79 Å². The van der Waals surface area contributed by atoms with E-state index in [4.69, 9.17) is 0 Å². The first kappa shape index (κ1) is 18.4. The van der Waals surface area contributed by atoms with Crippen LogP contribution in [0.2, 0.25) is 0 Å². The van der Waals surface area contributed by atoms with Crippen LogP contribution in [0.4, 0.5) is 0 Å². The number of nitrogens with one attached hydrogen (secondary N) is 1. The fourth-order valence-electron chi connectivity index (χ4n) is 4.26. The van der Waals surface area contributed by atoms with Gasteiger partial charge in [-0.15, -0.1) is 0 Å². The Bertz CT molecular complexity index is 1250. The lowest BCUT2D eigenvalue weighted by atomic mass is 10.2. The number of hydrogen-bond donors (Lipinski definition) is 1. The van der Waals surface area contributed by atoms with E-state index in [0.717, 1.165) is 59.2 Å². The second-order valence-electron chi connectivity index (χ2n) is 7.46. The van der Waals surface area contributed by atoms with Crippen molar-refractivity contribution in [3.05, 3.63) is 83.3 Å². The highest BCUT2D eigenvalue weighted by Gasteiger charge is 2.26. The average Bonchev–Trinajstić information content (AvgIpc) is 3.48. The normalized spacial score (nSPS) is 13.2. The molecule has 1 aliphatic carbocycles. The summed E-state index contributed by atoms with van der Waals surface area (Å²) in [5.41, 5.74) is 8.43. The van der Waals surface area contributed by atoms with Crippen LogP contribution in [0, 0.1) is 0 Å². The zero-order chi connectivity index (χ0) is 20.5. The molecule has 2 aromatic carbocycles. The van der Waals surface area contributed by atoms with Crippen LogP contribution in [-0.2, 0) is 19.4 Å². The monoisotopic (exact) mass is 397 g/mol. The molecule has 1 amide bonds. The van der Waals surface area contributed by atoms with Crippen LogP contribution in [0.25, 0.3) is 16.6 Å². The first-order valence-corrected chi connectivity index (χ1v) is 10.3. The number of benzene rings is 2. The van der Waals surface area contributed by atoms with Crippen molar-refractivity contribution in [2.75, 3.05) is 0 Å². The van der Waals surface area contributed by atoms with Crippen LogP contribution in [0.3, 0.4) is 0 Å². The summed E-state index contributed by atoms with van der Waals surface area (Å²) in [7, 11) is 0. The molecule has 6 nitrogen and oxygen atoms in total. The molecule has 4 aromatic rings. The lowest BCUT2D eigenvalue weighted by molar-refractivity contribution is 0.0949. The van der Waals surface area contributed by atoms with E-state index in [1.165, 1.54) is 0 Å². The van der Waals surface area contributed by atoms with Gasteiger partial charge < -0.3 is 4.57 Å². The fourth-order valence-corrected chi connectivity index (χ4v) is 4.26. The van der Waals surface area contributed by atoms with Crippen LogP contribution in [0.1, 0.15) is 40.7 Å². The molecule has 1 aliphatic rings. The van der Waals surface area contributed by atoms with E-state index in [1.807, 2.05) is 47.1 Å². The number of hydrazone groups is 1. The summed E-state index contributed by atoms with van der Waals surface area (Å²) in [4.78, 5) is 12.9. The number of hydrogen-bond acceptors (Lipinski definition) is 3. The molecule has 0 radical (unpaired) electrons. The molecule has 30 heavy (non-hydrogen) atoms. The van der Waals surface area contributed by atoms with E-state index in [9.17, 15) is 4.79 Å². The Kier molecular flexibility index (Phi) is 4.67. The Labute approximate surface area is 174 Å². The van der Waals surface area contributed by atoms with Gasteiger partial charge in [0.25, 0.3) is 5.91 Å². The SMILES string of the molecule is CCn1cc(/C=N/NC(=O)c2nn(-c3ccccc3)c3c2CCC3)c2ccccc21. The zero-order valence-corrected chi connectivity index (χ0v) is 16.9. The smallest absolute Gasteiger partial charge is 0.292 e. The quantitative estimate of drug-likeness (QED) is 0.407. The summed E-state index contributed by atoms with van der Waals surface area (Å²) >= 11 is 0. The third-order valence-electron chi connectivity index (χ3n) is 5.68. The van der Waals surface area contributed by atoms with Gasteiger partial charge in [0.05, 0.1) is 11.9 Å². The Morgan fingerprint density at radius 3 is 2.77 bits per heavy atom. The Hall–Kier alpha value is -3.67. The van der Waals surface area contributed by atoms with Gasteiger partial charge in [0.1, 0.15) is 0 Å². The number of carbonyl (C=O) groups excluding carboxylic acids is 1. The van der Waals surface area contributed by atoms with Gasteiger partial charge >= 0.3 is 0 Å². The van der Waals surface area contributed by atoms with E-state index in [-0.39, 0.29) is 5.91 Å². The third-order valence-corrected chi connectivity index (χ3v) is 5.68. The lowest BCUT2D eigenvalue weighted by Crippen LogP contribution is -2.20. The lowest BCUT2D eigenvalue weighted by Gasteiger charge is -2.04. The average molecular weight is 397 g/mol. The molecule has 2 aromatic heterocycles. The molecule has 150 valence electrons. The molecular weight excluding hydrogens is 374 g/mol. The van der Waals surface area contributed by atoms with Crippen LogP contribution >= 0.6 is 0 Å². The predicted molar refractivity (Wildman–Crippen MR) is 118 cm³/mol. The summed E-state index contributed by atoms with van der Waals surface area (Å²) in [6.07, 6.45) is 6.62. The number of carbonyl (C=O) groups is 1. The Morgan fingerprint density at radius 1 is 1.13 bits per heavy atom. The number of fused-ring (bicyclic) bond motifs is 2. The van der Waals surface area contributed by atoms with Gasteiger partial charge in [0, 0.05) is 40.5 Å². The van der Waals surface area contributed by atoms with Gasteiger partial charge in [0.2, 0.25) is 0 Å². The predicted octanol–water partition coefficient (Wildman–Crippen LogP) is 4.10.